The summed E-state index contributed by atoms with van der Waals surface area (Å²) in [6.07, 6.45) is 0. The molecule has 0 radical (unpaired) electrons. The minimum atomic E-state index is -0.276. The zero-order valence-corrected chi connectivity index (χ0v) is 19.0. The topological polar surface area (TPSA) is 0 Å². The smallest absolute Gasteiger partial charge is 0.0619 e. The molecule has 0 saturated carbocycles. The molecule has 0 saturated heterocycles. The number of hydrogen-bond acceptors (Lipinski definition) is 0. The highest BCUT2D eigenvalue weighted by Gasteiger charge is 2.50. The first-order chi connectivity index (χ1) is 17.4. The van der Waals surface area contributed by atoms with Crippen LogP contribution in [0.3, 0.4) is 0 Å². The second-order valence-corrected chi connectivity index (χ2v) is 10.0. The van der Waals surface area contributed by atoms with Crippen LogP contribution in [0.15, 0.2) is 121 Å². The van der Waals surface area contributed by atoms with Gasteiger partial charge >= 0.3 is 0 Å². The van der Waals surface area contributed by atoms with E-state index in [2.05, 4.69) is 121 Å². The Morgan fingerprint density at radius 2 is 0.829 bits per heavy atom. The molecule has 0 unspecified atom stereocenters. The monoisotopic (exact) mass is 440 g/mol. The maximum Gasteiger partial charge on any atom is 0.0725 e. The molecule has 9 rings (SSSR count). The highest BCUT2D eigenvalue weighted by atomic mass is 14.5. The molecular weight excluding hydrogens is 420 g/mol. The molecular formula is C35H20. The van der Waals surface area contributed by atoms with Crippen LogP contribution >= 0.6 is 0 Å². The van der Waals surface area contributed by atoms with Gasteiger partial charge in [0.05, 0.1) is 5.41 Å². The molecule has 0 heteroatoms. The summed E-state index contributed by atoms with van der Waals surface area (Å²) in [6, 6.07) is 45.5. The van der Waals surface area contributed by atoms with Crippen molar-refractivity contribution in [3.05, 3.63) is 144 Å². The summed E-state index contributed by atoms with van der Waals surface area (Å²) >= 11 is 0. The standard InChI is InChI=1S/C35H20/c1-2-10-22-21(9-1)19-20-26-25-13-7-17-30-33(25)34-27(32(22)26)14-8-18-31(34)35(30)28-15-5-3-11-23(28)24-12-4-6-16-29(24)35/h1-20H. The van der Waals surface area contributed by atoms with Gasteiger partial charge in [-0.05, 0) is 76.5 Å². The Bertz CT molecular complexity index is 2010. The summed E-state index contributed by atoms with van der Waals surface area (Å²) in [7, 11) is 0. The van der Waals surface area contributed by atoms with Crippen molar-refractivity contribution >= 4 is 43.1 Å². The average molecular weight is 441 g/mol. The summed E-state index contributed by atoms with van der Waals surface area (Å²) in [5.41, 5.74) is 8.11. The zero-order valence-electron chi connectivity index (χ0n) is 19.0. The van der Waals surface area contributed by atoms with Gasteiger partial charge in [-0.15, -0.1) is 0 Å². The van der Waals surface area contributed by atoms with E-state index >= 15 is 0 Å². The molecule has 0 aliphatic heterocycles. The van der Waals surface area contributed by atoms with Gasteiger partial charge in [-0.25, -0.2) is 0 Å². The Morgan fingerprint density at radius 1 is 0.314 bits per heavy atom. The largest absolute Gasteiger partial charge is 0.0725 e. The molecule has 0 heterocycles. The van der Waals surface area contributed by atoms with E-state index in [4.69, 9.17) is 0 Å². The van der Waals surface area contributed by atoms with Crippen LogP contribution in [0.1, 0.15) is 22.3 Å². The second kappa shape index (κ2) is 5.98. The first kappa shape index (κ1) is 18.0. The molecule has 2 aliphatic rings. The Kier molecular flexibility index (Phi) is 3.07. The van der Waals surface area contributed by atoms with Crippen molar-refractivity contribution in [3.63, 3.8) is 0 Å². The second-order valence-electron chi connectivity index (χ2n) is 10.0. The highest BCUT2D eigenvalue weighted by molar-refractivity contribution is 6.34. The summed E-state index contributed by atoms with van der Waals surface area (Å²) in [5.74, 6) is 0. The van der Waals surface area contributed by atoms with Gasteiger partial charge in [0, 0.05) is 0 Å². The summed E-state index contributed by atoms with van der Waals surface area (Å²) < 4.78 is 0. The molecule has 0 aromatic heterocycles. The van der Waals surface area contributed by atoms with Gasteiger partial charge in [-0.2, -0.15) is 0 Å². The molecule has 35 heavy (non-hydrogen) atoms. The third kappa shape index (κ3) is 1.87. The summed E-state index contributed by atoms with van der Waals surface area (Å²) in [6.45, 7) is 0. The molecule has 160 valence electrons. The van der Waals surface area contributed by atoms with E-state index in [0.717, 1.165) is 0 Å². The van der Waals surface area contributed by atoms with Crippen molar-refractivity contribution < 1.29 is 0 Å². The Morgan fingerprint density at radius 3 is 1.57 bits per heavy atom. The summed E-state index contributed by atoms with van der Waals surface area (Å²) in [5, 5.41) is 10.9. The predicted octanol–water partition coefficient (Wildman–Crippen LogP) is 8.98. The van der Waals surface area contributed by atoms with Gasteiger partial charge in [0.15, 0.2) is 0 Å². The number of benzene rings is 7. The van der Waals surface area contributed by atoms with Gasteiger partial charge < -0.3 is 0 Å². The zero-order chi connectivity index (χ0) is 22.7. The summed E-state index contributed by atoms with van der Waals surface area (Å²) in [4.78, 5) is 0. The third-order valence-electron chi connectivity index (χ3n) is 8.63. The molecule has 7 aromatic carbocycles. The van der Waals surface area contributed by atoms with E-state index in [0.29, 0.717) is 0 Å². The van der Waals surface area contributed by atoms with Crippen molar-refractivity contribution in [2.45, 2.75) is 5.41 Å². The van der Waals surface area contributed by atoms with Crippen molar-refractivity contribution in [2.24, 2.45) is 0 Å². The van der Waals surface area contributed by atoms with Crippen LogP contribution in [0.5, 0.6) is 0 Å². The van der Waals surface area contributed by atoms with E-state index < -0.39 is 0 Å². The van der Waals surface area contributed by atoms with Gasteiger partial charge in [0.1, 0.15) is 0 Å². The Labute approximate surface area is 203 Å². The van der Waals surface area contributed by atoms with Gasteiger partial charge in [0.25, 0.3) is 0 Å². The van der Waals surface area contributed by atoms with Crippen LogP contribution in [0.25, 0.3) is 54.2 Å². The number of rotatable bonds is 0. The lowest BCUT2D eigenvalue weighted by molar-refractivity contribution is 0.797. The van der Waals surface area contributed by atoms with Crippen molar-refractivity contribution in [2.75, 3.05) is 0 Å². The first-order valence-electron chi connectivity index (χ1n) is 12.4. The van der Waals surface area contributed by atoms with Crippen molar-refractivity contribution in [3.8, 4) is 11.1 Å². The normalized spacial score (nSPS) is 14.5. The number of fused-ring (bicyclic) bond motifs is 12. The van der Waals surface area contributed by atoms with Gasteiger partial charge in [0.2, 0.25) is 0 Å². The lowest BCUT2D eigenvalue weighted by Crippen LogP contribution is -2.25. The third-order valence-corrected chi connectivity index (χ3v) is 8.63. The van der Waals surface area contributed by atoms with Gasteiger partial charge in [-0.3, -0.25) is 0 Å². The van der Waals surface area contributed by atoms with E-state index in [9.17, 15) is 0 Å². The minimum absolute atomic E-state index is 0.276. The Balaban J connectivity index is 1.61. The molecule has 7 aromatic rings. The fourth-order valence-electron chi connectivity index (χ4n) is 7.45. The molecule has 0 amide bonds. The molecule has 2 aliphatic carbocycles. The molecule has 0 atom stereocenters. The van der Waals surface area contributed by atoms with Crippen LogP contribution in [-0.2, 0) is 5.41 Å². The fourth-order valence-corrected chi connectivity index (χ4v) is 7.45. The van der Waals surface area contributed by atoms with Crippen molar-refractivity contribution in [1.82, 2.24) is 0 Å². The Hall–Kier alpha value is -4.42. The van der Waals surface area contributed by atoms with Crippen LogP contribution in [0.2, 0.25) is 0 Å². The average Bonchev–Trinajstić information content (AvgIpc) is 3.40. The van der Waals surface area contributed by atoms with Gasteiger partial charge in [-0.1, -0.05) is 121 Å². The minimum Gasteiger partial charge on any atom is -0.0619 e. The predicted molar refractivity (Wildman–Crippen MR) is 147 cm³/mol. The van der Waals surface area contributed by atoms with E-state index in [-0.39, 0.29) is 5.41 Å². The molecule has 0 fully saturated rings. The SMILES string of the molecule is c1ccc2c(c1)-c1ccccc1C21c2cccc3c4ccc5ccccc5c4c4cccc1c4c23. The molecule has 0 nitrogen and oxygen atoms in total. The molecule has 0 N–H and O–H groups in total. The van der Waals surface area contributed by atoms with Crippen LogP contribution in [-0.4, -0.2) is 0 Å². The van der Waals surface area contributed by atoms with Crippen LogP contribution in [0.4, 0.5) is 0 Å². The van der Waals surface area contributed by atoms with E-state index in [1.165, 1.54) is 76.5 Å². The van der Waals surface area contributed by atoms with Crippen LogP contribution in [0, 0.1) is 0 Å². The highest BCUT2D eigenvalue weighted by Crippen LogP contribution is 2.63. The number of hydrogen-bond donors (Lipinski definition) is 0. The fraction of sp³-hybridized carbons (Fsp3) is 0.0286. The van der Waals surface area contributed by atoms with E-state index in [1.807, 2.05) is 0 Å². The molecule has 0 bridgehead atoms. The van der Waals surface area contributed by atoms with Crippen LogP contribution < -0.4 is 0 Å². The maximum atomic E-state index is 2.39. The maximum absolute atomic E-state index is 2.39. The quantitative estimate of drug-likeness (QED) is 0.206. The molecule has 1 spiro atoms. The first-order valence-corrected chi connectivity index (χ1v) is 12.4. The lowest BCUT2D eigenvalue weighted by atomic mass is 9.70. The van der Waals surface area contributed by atoms with E-state index in [1.54, 1.807) is 0 Å². The van der Waals surface area contributed by atoms with Crippen molar-refractivity contribution in [1.29, 1.82) is 0 Å². The lowest BCUT2D eigenvalue weighted by Gasteiger charge is -2.30.